The molecular formula is C11H18N2. The Labute approximate surface area is 79.9 Å². The fourth-order valence-electron chi connectivity index (χ4n) is 1.52. The molecule has 1 aromatic carbocycles. The van der Waals surface area contributed by atoms with Gasteiger partial charge in [-0.15, -0.1) is 0 Å². The summed E-state index contributed by atoms with van der Waals surface area (Å²) in [5.74, 6) is 0. The van der Waals surface area contributed by atoms with Crippen LogP contribution >= 0.6 is 0 Å². The minimum atomic E-state index is 0.0377. The van der Waals surface area contributed by atoms with Crippen molar-refractivity contribution < 1.29 is 0 Å². The molecule has 1 unspecified atom stereocenters. The predicted octanol–water partition coefficient (Wildman–Crippen LogP) is 1.25. The zero-order chi connectivity index (χ0) is 9.73. The van der Waals surface area contributed by atoms with Gasteiger partial charge in [-0.25, -0.2) is 0 Å². The molecule has 0 aromatic heterocycles. The average molecular weight is 178 g/mol. The second-order valence-electron chi connectivity index (χ2n) is 3.67. The molecule has 13 heavy (non-hydrogen) atoms. The molecule has 0 radical (unpaired) electrons. The van der Waals surface area contributed by atoms with Gasteiger partial charge in [-0.3, -0.25) is 0 Å². The van der Waals surface area contributed by atoms with E-state index in [2.05, 4.69) is 19.1 Å². The van der Waals surface area contributed by atoms with Crippen LogP contribution in [0.2, 0.25) is 0 Å². The smallest absolute Gasteiger partial charge is 0.00592 e. The molecule has 0 amide bonds. The van der Waals surface area contributed by atoms with Crippen molar-refractivity contribution in [2.45, 2.75) is 18.8 Å². The lowest BCUT2D eigenvalue weighted by atomic mass is 9.80. The minimum absolute atomic E-state index is 0.0377. The average Bonchev–Trinajstić information content (AvgIpc) is 2.19. The van der Waals surface area contributed by atoms with Gasteiger partial charge in [0.15, 0.2) is 0 Å². The maximum absolute atomic E-state index is 5.77. The second-order valence-corrected chi connectivity index (χ2v) is 3.67. The summed E-state index contributed by atoms with van der Waals surface area (Å²) in [5.41, 5.74) is 12.7. The number of benzene rings is 1. The van der Waals surface area contributed by atoms with Gasteiger partial charge in [-0.1, -0.05) is 37.3 Å². The van der Waals surface area contributed by atoms with Gasteiger partial charge in [0, 0.05) is 12.0 Å². The van der Waals surface area contributed by atoms with E-state index < -0.39 is 0 Å². The Balaban J connectivity index is 2.89. The molecule has 0 spiro atoms. The Kier molecular flexibility index (Phi) is 3.46. The van der Waals surface area contributed by atoms with Gasteiger partial charge < -0.3 is 11.5 Å². The number of hydrogen-bond donors (Lipinski definition) is 2. The Morgan fingerprint density at radius 2 is 1.77 bits per heavy atom. The summed E-state index contributed by atoms with van der Waals surface area (Å²) >= 11 is 0. The van der Waals surface area contributed by atoms with Crippen LogP contribution in [0, 0.1) is 0 Å². The van der Waals surface area contributed by atoms with Crippen LogP contribution in [0.1, 0.15) is 18.9 Å². The van der Waals surface area contributed by atoms with Crippen LogP contribution in [0.25, 0.3) is 0 Å². The maximum Gasteiger partial charge on any atom is 0.00592 e. The molecular weight excluding hydrogens is 160 g/mol. The first-order valence-corrected chi connectivity index (χ1v) is 4.68. The van der Waals surface area contributed by atoms with E-state index in [1.165, 1.54) is 5.56 Å². The zero-order valence-electron chi connectivity index (χ0n) is 8.16. The standard InChI is InChI=1S/C11H18N2/c1-11(9-13,7-8-12)10-5-3-2-4-6-10/h2-6H,7-9,12-13H2,1H3. The van der Waals surface area contributed by atoms with E-state index in [4.69, 9.17) is 11.5 Å². The summed E-state index contributed by atoms with van der Waals surface area (Å²) in [6, 6.07) is 10.3. The van der Waals surface area contributed by atoms with E-state index in [9.17, 15) is 0 Å². The molecule has 72 valence electrons. The summed E-state index contributed by atoms with van der Waals surface area (Å²) in [5, 5.41) is 0. The molecule has 2 nitrogen and oxygen atoms in total. The van der Waals surface area contributed by atoms with Gasteiger partial charge in [0.05, 0.1) is 0 Å². The van der Waals surface area contributed by atoms with E-state index in [-0.39, 0.29) is 5.41 Å². The first-order chi connectivity index (χ1) is 6.23. The Hall–Kier alpha value is -0.860. The lowest BCUT2D eigenvalue weighted by Gasteiger charge is -2.27. The Morgan fingerprint density at radius 1 is 1.15 bits per heavy atom. The van der Waals surface area contributed by atoms with Gasteiger partial charge >= 0.3 is 0 Å². The van der Waals surface area contributed by atoms with Crippen molar-refractivity contribution in [3.63, 3.8) is 0 Å². The number of hydrogen-bond acceptors (Lipinski definition) is 2. The first-order valence-electron chi connectivity index (χ1n) is 4.68. The number of rotatable bonds is 4. The van der Waals surface area contributed by atoms with Crippen molar-refractivity contribution in [3.8, 4) is 0 Å². The molecule has 0 bridgehead atoms. The normalized spacial score (nSPS) is 15.3. The first kappa shape index (κ1) is 10.2. The van der Waals surface area contributed by atoms with Crippen LogP contribution in [0.3, 0.4) is 0 Å². The SMILES string of the molecule is CC(CN)(CCN)c1ccccc1. The van der Waals surface area contributed by atoms with E-state index in [0.717, 1.165) is 6.42 Å². The molecule has 0 heterocycles. The summed E-state index contributed by atoms with van der Waals surface area (Å²) in [7, 11) is 0. The van der Waals surface area contributed by atoms with Crippen LogP contribution in [0.15, 0.2) is 30.3 Å². The highest BCUT2D eigenvalue weighted by atomic mass is 14.6. The zero-order valence-corrected chi connectivity index (χ0v) is 8.16. The lowest BCUT2D eigenvalue weighted by Crippen LogP contribution is -2.34. The van der Waals surface area contributed by atoms with E-state index >= 15 is 0 Å². The van der Waals surface area contributed by atoms with Gasteiger partial charge in [-0.2, -0.15) is 0 Å². The van der Waals surface area contributed by atoms with Gasteiger partial charge in [0.25, 0.3) is 0 Å². The van der Waals surface area contributed by atoms with Crippen molar-refractivity contribution >= 4 is 0 Å². The molecule has 4 N–H and O–H groups in total. The monoisotopic (exact) mass is 178 g/mol. The van der Waals surface area contributed by atoms with Crippen LogP contribution < -0.4 is 11.5 Å². The van der Waals surface area contributed by atoms with Crippen LogP contribution in [-0.4, -0.2) is 13.1 Å². The predicted molar refractivity (Wildman–Crippen MR) is 56.5 cm³/mol. The fourth-order valence-corrected chi connectivity index (χ4v) is 1.52. The fraction of sp³-hybridized carbons (Fsp3) is 0.455. The highest BCUT2D eigenvalue weighted by Crippen LogP contribution is 2.25. The van der Waals surface area contributed by atoms with Crippen LogP contribution in [0.4, 0.5) is 0 Å². The molecule has 1 rings (SSSR count). The lowest BCUT2D eigenvalue weighted by molar-refractivity contribution is 0.452. The third kappa shape index (κ3) is 2.29. The van der Waals surface area contributed by atoms with E-state index in [0.29, 0.717) is 13.1 Å². The molecule has 0 aliphatic carbocycles. The molecule has 0 saturated carbocycles. The molecule has 2 heteroatoms. The summed E-state index contributed by atoms with van der Waals surface area (Å²) < 4.78 is 0. The molecule has 0 aliphatic rings. The topological polar surface area (TPSA) is 52.0 Å². The van der Waals surface area contributed by atoms with Crippen molar-refractivity contribution in [1.82, 2.24) is 0 Å². The minimum Gasteiger partial charge on any atom is -0.330 e. The maximum atomic E-state index is 5.77. The molecule has 0 saturated heterocycles. The quantitative estimate of drug-likeness (QED) is 0.729. The summed E-state index contributed by atoms with van der Waals surface area (Å²) in [4.78, 5) is 0. The van der Waals surface area contributed by atoms with Gasteiger partial charge in [0.1, 0.15) is 0 Å². The third-order valence-corrected chi connectivity index (χ3v) is 2.62. The van der Waals surface area contributed by atoms with Crippen molar-refractivity contribution in [1.29, 1.82) is 0 Å². The highest BCUT2D eigenvalue weighted by Gasteiger charge is 2.23. The third-order valence-electron chi connectivity index (χ3n) is 2.62. The van der Waals surface area contributed by atoms with Crippen LogP contribution in [-0.2, 0) is 5.41 Å². The summed E-state index contributed by atoms with van der Waals surface area (Å²) in [6.07, 6.45) is 0.938. The van der Waals surface area contributed by atoms with Crippen LogP contribution in [0.5, 0.6) is 0 Å². The molecule has 1 atom stereocenters. The van der Waals surface area contributed by atoms with E-state index in [1.54, 1.807) is 0 Å². The molecule has 0 aliphatic heterocycles. The van der Waals surface area contributed by atoms with Gasteiger partial charge in [-0.05, 0) is 18.5 Å². The van der Waals surface area contributed by atoms with Crippen molar-refractivity contribution in [2.75, 3.05) is 13.1 Å². The van der Waals surface area contributed by atoms with Crippen molar-refractivity contribution in [3.05, 3.63) is 35.9 Å². The molecule has 1 aromatic rings. The Morgan fingerprint density at radius 3 is 2.23 bits per heavy atom. The highest BCUT2D eigenvalue weighted by molar-refractivity contribution is 5.24. The Bertz CT molecular complexity index is 246. The second kappa shape index (κ2) is 4.40. The van der Waals surface area contributed by atoms with Crippen molar-refractivity contribution in [2.24, 2.45) is 11.5 Å². The largest absolute Gasteiger partial charge is 0.330 e. The van der Waals surface area contributed by atoms with E-state index in [1.807, 2.05) is 18.2 Å². The van der Waals surface area contributed by atoms with Gasteiger partial charge in [0.2, 0.25) is 0 Å². The number of nitrogens with two attached hydrogens (primary N) is 2. The molecule has 0 fully saturated rings. The summed E-state index contributed by atoms with van der Waals surface area (Å²) in [6.45, 7) is 3.49.